The maximum Gasteiger partial charge on any atom is 0.257 e. The molecule has 0 saturated heterocycles. The molecule has 1 amide bonds. The molecule has 6 heteroatoms. The first kappa shape index (κ1) is 19.2. The minimum Gasteiger partial charge on any atom is -0.493 e. The normalized spacial score (nSPS) is 11.4. The van der Waals surface area contributed by atoms with Crippen LogP contribution in [-0.4, -0.2) is 25.1 Å². The van der Waals surface area contributed by atoms with Crippen LogP contribution in [0.3, 0.4) is 0 Å². The van der Waals surface area contributed by atoms with Gasteiger partial charge in [0.15, 0.2) is 11.5 Å². The Kier molecular flexibility index (Phi) is 6.11. The molecule has 28 heavy (non-hydrogen) atoms. The zero-order chi connectivity index (χ0) is 19.9. The van der Waals surface area contributed by atoms with E-state index in [1.165, 1.54) is 0 Å². The maximum absolute atomic E-state index is 12.8. The molecule has 3 aromatic rings. The molecular formula is C22H22N2O4. The Bertz CT molecular complexity index is 944. The standard InChI is InChI=1S/C22H22N2O4/c1-15(16-11-12-19(26-2)20(14-16)27-3)24-21(25)18-10-7-13-23-22(18)28-17-8-5-4-6-9-17/h4-15H,1-3H3,(H,24,25). The largest absolute Gasteiger partial charge is 0.493 e. The van der Waals surface area contributed by atoms with Gasteiger partial charge in [0.05, 0.1) is 20.3 Å². The summed E-state index contributed by atoms with van der Waals surface area (Å²) in [4.78, 5) is 17.0. The molecule has 3 rings (SSSR count). The van der Waals surface area contributed by atoms with Crippen LogP contribution in [0.4, 0.5) is 0 Å². The van der Waals surface area contributed by atoms with Crippen LogP contribution in [0.1, 0.15) is 28.9 Å². The minimum atomic E-state index is -0.277. The lowest BCUT2D eigenvalue weighted by Crippen LogP contribution is -2.27. The maximum atomic E-state index is 12.8. The van der Waals surface area contributed by atoms with Crippen molar-refractivity contribution in [2.45, 2.75) is 13.0 Å². The fourth-order valence-electron chi connectivity index (χ4n) is 2.73. The van der Waals surface area contributed by atoms with E-state index >= 15 is 0 Å². The number of nitrogens with zero attached hydrogens (tertiary/aromatic N) is 1. The van der Waals surface area contributed by atoms with E-state index in [0.717, 1.165) is 5.56 Å². The van der Waals surface area contributed by atoms with Crippen molar-refractivity contribution in [3.8, 4) is 23.1 Å². The van der Waals surface area contributed by atoms with Gasteiger partial charge in [0.1, 0.15) is 11.3 Å². The number of carbonyl (C=O) groups is 1. The predicted molar refractivity (Wildman–Crippen MR) is 106 cm³/mol. The van der Waals surface area contributed by atoms with Crippen molar-refractivity contribution in [2.24, 2.45) is 0 Å². The summed E-state index contributed by atoms with van der Waals surface area (Å²) in [6.45, 7) is 1.90. The number of amides is 1. The second-order valence-corrected chi connectivity index (χ2v) is 6.08. The number of hydrogen-bond donors (Lipinski definition) is 1. The summed E-state index contributed by atoms with van der Waals surface area (Å²) in [6.07, 6.45) is 1.59. The molecule has 0 aliphatic rings. The van der Waals surface area contributed by atoms with Gasteiger partial charge in [-0.05, 0) is 48.9 Å². The second-order valence-electron chi connectivity index (χ2n) is 6.08. The summed E-state index contributed by atoms with van der Waals surface area (Å²) in [5.74, 6) is 1.83. The van der Waals surface area contributed by atoms with Gasteiger partial charge in [0, 0.05) is 6.20 Å². The zero-order valence-corrected chi connectivity index (χ0v) is 16.0. The lowest BCUT2D eigenvalue weighted by molar-refractivity contribution is 0.0937. The highest BCUT2D eigenvalue weighted by Gasteiger charge is 2.18. The quantitative estimate of drug-likeness (QED) is 0.661. The van der Waals surface area contributed by atoms with Crippen molar-refractivity contribution in [2.75, 3.05) is 14.2 Å². The fraction of sp³-hybridized carbons (Fsp3) is 0.182. The molecule has 144 valence electrons. The van der Waals surface area contributed by atoms with Crippen LogP contribution in [0.15, 0.2) is 66.9 Å². The third-order valence-electron chi connectivity index (χ3n) is 4.23. The molecule has 0 fully saturated rings. The Hall–Kier alpha value is -3.54. The Morgan fingerprint density at radius 3 is 2.43 bits per heavy atom. The summed E-state index contributed by atoms with van der Waals surface area (Å²) < 4.78 is 16.4. The molecule has 0 spiro atoms. The summed E-state index contributed by atoms with van der Waals surface area (Å²) in [5.41, 5.74) is 1.25. The average molecular weight is 378 g/mol. The number of ether oxygens (including phenoxy) is 3. The first-order valence-corrected chi connectivity index (χ1v) is 8.83. The van der Waals surface area contributed by atoms with E-state index in [1.54, 1.807) is 32.5 Å². The van der Waals surface area contributed by atoms with Gasteiger partial charge in [-0.1, -0.05) is 24.3 Å². The zero-order valence-electron chi connectivity index (χ0n) is 16.0. The van der Waals surface area contributed by atoms with Gasteiger partial charge >= 0.3 is 0 Å². The third kappa shape index (κ3) is 4.40. The highest BCUT2D eigenvalue weighted by atomic mass is 16.5. The molecule has 1 atom stereocenters. The predicted octanol–water partition coefficient (Wildman–Crippen LogP) is 4.38. The van der Waals surface area contributed by atoms with Gasteiger partial charge in [-0.15, -0.1) is 0 Å². The van der Waals surface area contributed by atoms with Crippen molar-refractivity contribution in [3.63, 3.8) is 0 Å². The number of methoxy groups -OCH3 is 2. The molecule has 0 aliphatic heterocycles. The molecule has 0 aliphatic carbocycles. The van der Waals surface area contributed by atoms with E-state index in [-0.39, 0.29) is 17.8 Å². The summed E-state index contributed by atoms with van der Waals surface area (Å²) in [7, 11) is 3.16. The molecule has 1 N–H and O–H groups in total. The van der Waals surface area contributed by atoms with Crippen molar-refractivity contribution in [1.29, 1.82) is 0 Å². The van der Waals surface area contributed by atoms with Crippen LogP contribution < -0.4 is 19.5 Å². The van der Waals surface area contributed by atoms with Crippen molar-refractivity contribution in [1.82, 2.24) is 10.3 Å². The van der Waals surface area contributed by atoms with Gasteiger partial charge < -0.3 is 19.5 Å². The van der Waals surface area contributed by atoms with Crippen LogP contribution in [-0.2, 0) is 0 Å². The molecule has 1 unspecified atom stereocenters. The Balaban J connectivity index is 1.78. The molecule has 1 heterocycles. The van der Waals surface area contributed by atoms with Gasteiger partial charge in [-0.25, -0.2) is 4.98 Å². The number of rotatable bonds is 7. The van der Waals surface area contributed by atoms with Gasteiger partial charge in [0.2, 0.25) is 5.88 Å². The third-order valence-corrected chi connectivity index (χ3v) is 4.23. The summed E-state index contributed by atoms with van der Waals surface area (Å²) >= 11 is 0. The monoisotopic (exact) mass is 378 g/mol. The fourth-order valence-corrected chi connectivity index (χ4v) is 2.73. The van der Waals surface area contributed by atoms with Crippen LogP contribution in [0.25, 0.3) is 0 Å². The number of aromatic nitrogens is 1. The van der Waals surface area contributed by atoms with Crippen LogP contribution in [0.5, 0.6) is 23.1 Å². The lowest BCUT2D eigenvalue weighted by Gasteiger charge is -2.17. The van der Waals surface area contributed by atoms with E-state index in [2.05, 4.69) is 10.3 Å². The first-order chi connectivity index (χ1) is 13.6. The molecule has 2 aromatic carbocycles. The molecular weight excluding hydrogens is 356 g/mol. The molecule has 0 radical (unpaired) electrons. The van der Waals surface area contributed by atoms with E-state index in [1.807, 2.05) is 55.5 Å². The number of nitrogens with one attached hydrogen (secondary N) is 1. The Morgan fingerprint density at radius 2 is 1.71 bits per heavy atom. The van der Waals surface area contributed by atoms with Crippen molar-refractivity contribution >= 4 is 5.91 Å². The van der Waals surface area contributed by atoms with Crippen LogP contribution in [0.2, 0.25) is 0 Å². The second kappa shape index (κ2) is 8.90. The highest BCUT2D eigenvalue weighted by molar-refractivity contribution is 5.96. The van der Waals surface area contributed by atoms with Gasteiger partial charge in [-0.2, -0.15) is 0 Å². The van der Waals surface area contributed by atoms with E-state index in [9.17, 15) is 4.79 Å². The van der Waals surface area contributed by atoms with E-state index in [4.69, 9.17) is 14.2 Å². The number of para-hydroxylation sites is 1. The summed E-state index contributed by atoms with van der Waals surface area (Å²) in [5, 5.41) is 2.97. The lowest BCUT2D eigenvalue weighted by atomic mass is 10.1. The highest BCUT2D eigenvalue weighted by Crippen LogP contribution is 2.30. The number of carbonyl (C=O) groups excluding carboxylic acids is 1. The first-order valence-electron chi connectivity index (χ1n) is 8.83. The smallest absolute Gasteiger partial charge is 0.257 e. The molecule has 0 saturated carbocycles. The molecule has 1 aromatic heterocycles. The average Bonchev–Trinajstić information content (AvgIpc) is 2.74. The number of benzene rings is 2. The molecule has 6 nitrogen and oxygen atoms in total. The van der Waals surface area contributed by atoms with Crippen LogP contribution >= 0.6 is 0 Å². The Labute approximate surface area is 164 Å². The van der Waals surface area contributed by atoms with Gasteiger partial charge in [-0.3, -0.25) is 4.79 Å². The van der Waals surface area contributed by atoms with E-state index < -0.39 is 0 Å². The SMILES string of the molecule is COc1ccc(C(C)NC(=O)c2cccnc2Oc2ccccc2)cc1OC. The number of hydrogen-bond acceptors (Lipinski definition) is 5. The van der Waals surface area contributed by atoms with Crippen molar-refractivity contribution in [3.05, 3.63) is 78.0 Å². The minimum absolute atomic E-state index is 0.253. The Morgan fingerprint density at radius 1 is 0.964 bits per heavy atom. The molecule has 0 bridgehead atoms. The van der Waals surface area contributed by atoms with Gasteiger partial charge in [0.25, 0.3) is 5.91 Å². The summed E-state index contributed by atoms with van der Waals surface area (Å²) in [6, 6.07) is 17.9. The topological polar surface area (TPSA) is 69.7 Å². The van der Waals surface area contributed by atoms with E-state index in [0.29, 0.717) is 22.8 Å². The number of pyridine rings is 1. The van der Waals surface area contributed by atoms with Crippen LogP contribution in [0, 0.1) is 0 Å². The van der Waals surface area contributed by atoms with Crippen molar-refractivity contribution < 1.29 is 19.0 Å².